The minimum Gasteiger partial charge on any atom is -0.508 e. The van der Waals surface area contributed by atoms with E-state index < -0.39 is 75.4 Å². The maximum Gasteiger partial charge on any atom is 0.417 e. The predicted octanol–water partition coefficient (Wildman–Crippen LogP) is 9.05. The molecule has 0 radical (unpaired) electrons. The molecule has 2 saturated heterocycles. The van der Waals surface area contributed by atoms with Crippen LogP contribution in [0.1, 0.15) is 35.4 Å². The second-order valence-corrected chi connectivity index (χ2v) is 15.9. The van der Waals surface area contributed by atoms with Crippen LogP contribution in [0.3, 0.4) is 0 Å². The monoisotopic (exact) mass is 837 g/mol. The third-order valence-electron chi connectivity index (χ3n) is 12.0. The molecule has 298 valence electrons. The average Bonchev–Trinajstić information content (AvgIpc) is 3.60. The maximum absolute atomic E-state index is 15.3. The minimum absolute atomic E-state index is 0.0660. The number of carbonyl (C=O) groups excluding carboxylic acids is 4. The quantitative estimate of drug-likeness (QED) is 0.109. The molecular weight excluding hydrogens is 806 g/mol. The number of rotatable bonds is 7. The van der Waals surface area contributed by atoms with E-state index in [-0.39, 0.29) is 24.4 Å². The van der Waals surface area contributed by atoms with Gasteiger partial charge in [0.2, 0.25) is 11.8 Å². The second kappa shape index (κ2) is 14.3. The molecule has 4 amide bonds. The highest BCUT2D eigenvalue weighted by atomic mass is 35.5. The SMILES string of the molecule is O=C1[C@@H]2C[C@@H]3C(=CC[C@@H]4C(=O)N(c5ccc(Nc6ccccc6)cc5)C(=O)[C@@H]43)[C@H](c3ccccc3O)[C@]2(c2ccc(Cl)cc2)C(=O)N1Nc1ncc(C(F)(F)F)cc1Cl. The van der Waals surface area contributed by atoms with Crippen molar-refractivity contribution < 1.29 is 37.5 Å². The zero-order valence-corrected chi connectivity index (χ0v) is 32.2. The molecule has 15 heteroatoms. The Labute approximate surface area is 345 Å². The molecule has 3 fully saturated rings. The molecule has 2 aliphatic carbocycles. The van der Waals surface area contributed by atoms with Crippen LogP contribution in [0.5, 0.6) is 5.75 Å². The first-order chi connectivity index (χ1) is 28.3. The summed E-state index contributed by atoms with van der Waals surface area (Å²) in [5.41, 5.74) is 2.93. The Balaban J connectivity index is 1.14. The molecular formula is C44H32Cl2F3N5O5. The highest BCUT2D eigenvalue weighted by Gasteiger charge is 2.70. The molecule has 10 nitrogen and oxygen atoms in total. The average molecular weight is 839 g/mol. The van der Waals surface area contributed by atoms with Crippen molar-refractivity contribution in [3.8, 4) is 5.75 Å². The molecule has 0 bridgehead atoms. The number of aromatic nitrogens is 1. The number of fused-ring (bicyclic) bond motifs is 4. The van der Waals surface area contributed by atoms with Gasteiger partial charge in [-0.2, -0.15) is 18.2 Å². The molecule has 5 aromatic rings. The zero-order valence-electron chi connectivity index (χ0n) is 30.7. The fraction of sp³-hybridized carbons (Fsp3) is 0.205. The number of hydrogen-bond acceptors (Lipinski definition) is 8. The lowest BCUT2D eigenvalue weighted by Crippen LogP contribution is -2.53. The Bertz CT molecular complexity index is 2570. The smallest absolute Gasteiger partial charge is 0.417 e. The van der Waals surface area contributed by atoms with Crippen molar-refractivity contribution in [3.63, 3.8) is 0 Å². The predicted molar refractivity (Wildman–Crippen MR) is 214 cm³/mol. The van der Waals surface area contributed by atoms with Crippen molar-refractivity contribution in [2.75, 3.05) is 15.6 Å². The van der Waals surface area contributed by atoms with Crippen LogP contribution in [0.2, 0.25) is 10.0 Å². The number of anilines is 4. The van der Waals surface area contributed by atoms with Crippen molar-refractivity contribution in [1.29, 1.82) is 0 Å². The Hall–Kier alpha value is -6.18. The maximum atomic E-state index is 15.3. The molecule has 1 aromatic heterocycles. The van der Waals surface area contributed by atoms with Gasteiger partial charge in [0, 0.05) is 34.1 Å². The molecule has 6 atom stereocenters. The van der Waals surface area contributed by atoms with Gasteiger partial charge < -0.3 is 10.4 Å². The van der Waals surface area contributed by atoms with Crippen molar-refractivity contribution >= 4 is 69.7 Å². The number of phenols is 1. The molecule has 0 spiro atoms. The number of nitrogens with zero attached hydrogens (tertiary/aromatic N) is 3. The number of benzene rings is 4. The largest absolute Gasteiger partial charge is 0.508 e. The van der Waals surface area contributed by atoms with Gasteiger partial charge >= 0.3 is 6.18 Å². The molecule has 0 unspecified atom stereocenters. The lowest BCUT2D eigenvalue weighted by atomic mass is 9.49. The van der Waals surface area contributed by atoms with Crippen LogP contribution >= 0.6 is 23.2 Å². The minimum atomic E-state index is -4.76. The van der Waals surface area contributed by atoms with Crippen molar-refractivity contribution in [3.05, 3.63) is 154 Å². The molecule has 3 heterocycles. The van der Waals surface area contributed by atoms with E-state index >= 15 is 4.79 Å². The number of phenolic OH excluding ortho intramolecular Hbond substituents is 1. The highest BCUT2D eigenvalue weighted by Crippen LogP contribution is 2.65. The Morgan fingerprint density at radius 3 is 2.15 bits per heavy atom. The van der Waals surface area contributed by atoms with Gasteiger partial charge in [0.25, 0.3) is 11.8 Å². The number of alkyl halides is 3. The van der Waals surface area contributed by atoms with Crippen LogP contribution in [0, 0.1) is 23.7 Å². The molecule has 59 heavy (non-hydrogen) atoms. The number of halogens is 5. The topological polar surface area (TPSA) is 132 Å². The number of para-hydroxylation sites is 2. The number of amides is 4. The Morgan fingerprint density at radius 1 is 0.797 bits per heavy atom. The molecule has 2 aliphatic heterocycles. The summed E-state index contributed by atoms with van der Waals surface area (Å²) in [5, 5.41) is 15.4. The number of allylic oxidation sites excluding steroid dienone is 2. The van der Waals surface area contributed by atoms with Gasteiger partial charge in [-0.05, 0) is 85.0 Å². The molecule has 4 aromatic carbocycles. The summed E-state index contributed by atoms with van der Waals surface area (Å²) in [6.07, 6.45) is -2.30. The number of carbonyl (C=O) groups is 4. The summed E-state index contributed by atoms with van der Waals surface area (Å²) in [6.45, 7) is 0. The number of aromatic hydroxyl groups is 1. The number of imide groups is 2. The van der Waals surface area contributed by atoms with Gasteiger partial charge in [-0.1, -0.05) is 83.4 Å². The summed E-state index contributed by atoms with van der Waals surface area (Å²) in [6, 6.07) is 29.8. The van der Waals surface area contributed by atoms with E-state index in [1.807, 2.05) is 36.4 Å². The summed E-state index contributed by atoms with van der Waals surface area (Å²) in [4.78, 5) is 64.1. The van der Waals surface area contributed by atoms with Crippen LogP contribution in [-0.4, -0.2) is 38.7 Å². The van der Waals surface area contributed by atoms with Crippen LogP contribution in [0.4, 0.5) is 36.1 Å². The zero-order chi connectivity index (χ0) is 41.4. The van der Waals surface area contributed by atoms with E-state index in [1.165, 1.54) is 11.0 Å². The Morgan fingerprint density at radius 2 is 1.47 bits per heavy atom. The lowest BCUT2D eigenvalue weighted by molar-refractivity contribution is -0.139. The third-order valence-corrected chi connectivity index (χ3v) is 12.5. The molecule has 1 saturated carbocycles. The van der Waals surface area contributed by atoms with Crippen molar-refractivity contribution in [1.82, 2.24) is 9.99 Å². The summed E-state index contributed by atoms with van der Waals surface area (Å²) >= 11 is 12.6. The van der Waals surface area contributed by atoms with Crippen LogP contribution in [0.15, 0.2) is 127 Å². The number of hydrazine groups is 1. The van der Waals surface area contributed by atoms with E-state index in [9.17, 15) is 32.7 Å². The van der Waals surface area contributed by atoms with Gasteiger partial charge in [0.1, 0.15) is 5.75 Å². The second-order valence-electron chi connectivity index (χ2n) is 15.0. The highest BCUT2D eigenvalue weighted by molar-refractivity contribution is 6.33. The summed E-state index contributed by atoms with van der Waals surface area (Å²) in [5.74, 6) is -7.67. The number of hydrogen-bond donors (Lipinski definition) is 3. The van der Waals surface area contributed by atoms with E-state index in [2.05, 4.69) is 15.7 Å². The van der Waals surface area contributed by atoms with Crippen LogP contribution in [0.25, 0.3) is 0 Å². The van der Waals surface area contributed by atoms with Crippen molar-refractivity contribution in [2.45, 2.75) is 30.4 Å². The standard InChI is InChI=1S/C44H32Cl2F3N5O5/c45-25-12-10-23(11-13-25)43-33(40(57)54(42(43)59)52-38-34(46)20-24(22-50-38)44(47,48)49)21-32-29(37(43)30-8-4-5-9-35(30)55)18-19-31-36(32)41(58)53(39(31)56)28-16-14-27(15-17-28)51-26-6-2-1-3-7-26/h1-18,20,22,31-33,36-37,51,55H,19,21H2,(H,50,52)/t31-,32+,33-,36-,37+,43+/m0/s1. The van der Waals surface area contributed by atoms with E-state index in [1.54, 1.807) is 66.7 Å². The first kappa shape index (κ1) is 38.3. The van der Waals surface area contributed by atoms with Crippen LogP contribution in [-0.2, 0) is 30.8 Å². The van der Waals surface area contributed by atoms with E-state index in [0.29, 0.717) is 44.7 Å². The van der Waals surface area contributed by atoms with Gasteiger partial charge in [-0.15, -0.1) is 0 Å². The van der Waals surface area contributed by atoms with Crippen molar-refractivity contribution in [2.24, 2.45) is 23.7 Å². The molecule has 9 rings (SSSR count). The van der Waals surface area contributed by atoms with Gasteiger partial charge in [-0.25, -0.2) is 4.98 Å². The number of nitrogens with one attached hydrogen (secondary N) is 2. The number of pyridine rings is 1. The molecule has 4 aliphatic rings. The first-order valence-electron chi connectivity index (χ1n) is 18.7. The fourth-order valence-electron chi connectivity index (χ4n) is 9.50. The normalized spacial score (nSPS) is 25.0. The van der Waals surface area contributed by atoms with Crippen LogP contribution < -0.4 is 15.6 Å². The Kier molecular flexibility index (Phi) is 9.28. The third kappa shape index (κ3) is 6.13. The molecule has 3 N–H and O–H groups in total. The van der Waals surface area contributed by atoms with Gasteiger partial charge in [-0.3, -0.25) is 29.5 Å². The van der Waals surface area contributed by atoms with Gasteiger partial charge in [0.05, 0.1) is 39.4 Å². The summed E-state index contributed by atoms with van der Waals surface area (Å²) in [7, 11) is 0. The van der Waals surface area contributed by atoms with E-state index in [0.717, 1.165) is 11.4 Å². The summed E-state index contributed by atoms with van der Waals surface area (Å²) < 4.78 is 40.5. The fourth-order valence-corrected chi connectivity index (χ4v) is 9.83. The first-order valence-corrected chi connectivity index (χ1v) is 19.5. The van der Waals surface area contributed by atoms with Gasteiger partial charge in [0.15, 0.2) is 5.82 Å². The van der Waals surface area contributed by atoms with E-state index in [4.69, 9.17) is 23.2 Å². The lowest BCUT2D eigenvalue weighted by Gasteiger charge is -2.50.